The summed E-state index contributed by atoms with van der Waals surface area (Å²) in [4.78, 5) is 4.48. The van der Waals surface area contributed by atoms with Crippen molar-refractivity contribution in [3.05, 3.63) is 65.5 Å². The molecule has 1 heterocycles. The van der Waals surface area contributed by atoms with Crippen molar-refractivity contribution in [2.75, 3.05) is 0 Å². The Balaban J connectivity index is 1.28. The van der Waals surface area contributed by atoms with Gasteiger partial charge < -0.3 is 19.7 Å². The first-order valence-corrected chi connectivity index (χ1v) is 14.4. The molecule has 0 unspecified atom stereocenters. The summed E-state index contributed by atoms with van der Waals surface area (Å²) in [5.41, 5.74) is 3.15. The first-order chi connectivity index (χ1) is 17.7. The Hall–Kier alpha value is -1.95. The molecule has 0 saturated heterocycles. The van der Waals surface area contributed by atoms with Crippen LogP contribution in [0, 0.1) is 23.2 Å². The fraction of sp³-hybridized carbons (Fsp3) is 0.656. The maximum Gasteiger partial charge on any atom is 0.203 e. The smallest absolute Gasteiger partial charge is 0.203 e. The normalized spacial score (nSPS) is 37.3. The van der Waals surface area contributed by atoms with Gasteiger partial charge in [0.1, 0.15) is 5.76 Å². The Kier molecular flexibility index (Phi) is 7.43. The first kappa shape index (κ1) is 26.6. The largest absolute Gasteiger partial charge is 0.445 e. The predicted molar refractivity (Wildman–Crippen MR) is 146 cm³/mol. The maximum atomic E-state index is 11.1. The van der Waals surface area contributed by atoms with E-state index in [9.17, 15) is 15.3 Å². The van der Waals surface area contributed by atoms with E-state index in [1.165, 1.54) is 31.3 Å². The molecule has 0 aromatic carbocycles. The molecule has 4 fully saturated rings. The van der Waals surface area contributed by atoms with Crippen LogP contribution in [0.1, 0.15) is 90.2 Å². The minimum Gasteiger partial charge on any atom is -0.445 e. The van der Waals surface area contributed by atoms with Gasteiger partial charge in [-0.3, -0.25) is 0 Å². The van der Waals surface area contributed by atoms with Gasteiger partial charge in [0.25, 0.3) is 0 Å². The van der Waals surface area contributed by atoms with Gasteiger partial charge in [-0.2, -0.15) is 0 Å². The standard InChI is InChI=1S/C32H45NO4/c1-5-25-19-33-30(37-25)32(15-16-32)29(36)13-8-20(2)26-11-12-27-22(7-6-14-31(26,27)4)9-10-23-17-24(34)18-28(35)21(23)3/h8-10,13,19-20,24,26-29,34-36H,3,5-7,11-12,14-18H2,1-2,4H3/b13-8+,22-9+,23-10-/t20-,24+,26+,27-,28-,29+,31+/m0/s1. The van der Waals surface area contributed by atoms with E-state index in [1.54, 1.807) is 6.20 Å². The van der Waals surface area contributed by atoms with Gasteiger partial charge in [-0.1, -0.05) is 57.2 Å². The van der Waals surface area contributed by atoms with Gasteiger partial charge >= 0.3 is 0 Å². The molecule has 5 rings (SSSR count). The lowest BCUT2D eigenvalue weighted by atomic mass is 9.61. The van der Waals surface area contributed by atoms with Gasteiger partial charge in [0.2, 0.25) is 5.89 Å². The number of rotatable bonds is 7. The summed E-state index contributed by atoms with van der Waals surface area (Å²) in [6.45, 7) is 10.9. The van der Waals surface area contributed by atoms with E-state index in [-0.39, 0.29) is 10.8 Å². The van der Waals surface area contributed by atoms with Gasteiger partial charge in [-0.25, -0.2) is 4.98 Å². The molecule has 4 saturated carbocycles. The molecular weight excluding hydrogens is 462 g/mol. The highest BCUT2D eigenvalue weighted by molar-refractivity contribution is 5.38. The second-order valence-corrected chi connectivity index (χ2v) is 12.5. The molecule has 5 heteroatoms. The van der Waals surface area contributed by atoms with Gasteiger partial charge in [0, 0.05) is 12.8 Å². The summed E-state index contributed by atoms with van der Waals surface area (Å²) >= 11 is 0. The quantitative estimate of drug-likeness (QED) is 0.396. The highest BCUT2D eigenvalue weighted by atomic mass is 16.4. The average molecular weight is 508 g/mol. The number of fused-ring (bicyclic) bond motifs is 1. The lowest BCUT2D eigenvalue weighted by Gasteiger charge is -2.44. The fourth-order valence-corrected chi connectivity index (χ4v) is 7.68. The third kappa shape index (κ3) is 4.95. The number of aliphatic hydroxyl groups excluding tert-OH is 3. The van der Waals surface area contributed by atoms with Crippen LogP contribution in [-0.2, 0) is 11.8 Å². The second-order valence-electron chi connectivity index (χ2n) is 12.5. The van der Waals surface area contributed by atoms with Gasteiger partial charge in [0.15, 0.2) is 0 Å². The zero-order valence-electron chi connectivity index (χ0n) is 22.8. The Labute approximate surface area is 222 Å². The Bertz CT molecular complexity index is 1090. The van der Waals surface area contributed by atoms with Crippen LogP contribution in [0.4, 0.5) is 0 Å². The molecule has 0 spiro atoms. The average Bonchev–Trinajstić information content (AvgIpc) is 3.39. The molecule has 0 radical (unpaired) electrons. The van der Waals surface area contributed by atoms with Gasteiger partial charge in [-0.15, -0.1) is 0 Å². The van der Waals surface area contributed by atoms with Crippen LogP contribution in [0.3, 0.4) is 0 Å². The number of aromatic nitrogens is 1. The molecular formula is C32H45NO4. The number of aryl methyl sites for hydroxylation is 1. The summed E-state index contributed by atoms with van der Waals surface area (Å²) in [6, 6.07) is 0. The number of nitrogens with zero attached hydrogens (tertiary/aromatic N) is 1. The van der Waals surface area contributed by atoms with E-state index in [2.05, 4.69) is 50.6 Å². The van der Waals surface area contributed by atoms with E-state index in [0.717, 1.165) is 42.6 Å². The van der Waals surface area contributed by atoms with Crippen LogP contribution >= 0.6 is 0 Å². The Morgan fingerprint density at radius 3 is 2.68 bits per heavy atom. The van der Waals surface area contributed by atoms with E-state index >= 15 is 0 Å². The summed E-state index contributed by atoms with van der Waals surface area (Å²) in [5.74, 6) is 3.10. The van der Waals surface area contributed by atoms with Crippen LogP contribution in [-0.4, -0.2) is 38.6 Å². The van der Waals surface area contributed by atoms with Crippen LogP contribution in [0.5, 0.6) is 0 Å². The van der Waals surface area contributed by atoms with Crippen molar-refractivity contribution < 1.29 is 19.7 Å². The monoisotopic (exact) mass is 507 g/mol. The van der Waals surface area contributed by atoms with E-state index in [4.69, 9.17) is 4.42 Å². The molecule has 4 aliphatic rings. The molecule has 7 atom stereocenters. The van der Waals surface area contributed by atoms with Crippen LogP contribution in [0.2, 0.25) is 0 Å². The molecule has 0 amide bonds. The number of allylic oxidation sites excluding steroid dienone is 4. The molecule has 1 aromatic heterocycles. The Morgan fingerprint density at radius 2 is 1.97 bits per heavy atom. The molecule has 4 aliphatic carbocycles. The molecule has 37 heavy (non-hydrogen) atoms. The van der Waals surface area contributed by atoms with Crippen molar-refractivity contribution in [2.45, 2.75) is 109 Å². The zero-order chi connectivity index (χ0) is 26.4. The maximum absolute atomic E-state index is 11.1. The van der Waals surface area contributed by atoms with Gasteiger partial charge in [-0.05, 0) is 85.7 Å². The van der Waals surface area contributed by atoms with E-state index < -0.39 is 18.3 Å². The van der Waals surface area contributed by atoms with E-state index in [0.29, 0.717) is 36.5 Å². The Morgan fingerprint density at radius 1 is 1.19 bits per heavy atom. The minimum absolute atomic E-state index is 0.246. The number of hydrogen-bond acceptors (Lipinski definition) is 5. The molecule has 0 bridgehead atoms. The second kappa shape index (κ2) is 10.3. The third-order valence-electron chi connectivity index (χ3n) is 10.2. The van der Waals surface area contributed by atoms with Crippen LogP contribution in [0.15, 0.2) is 58.2 Å². The lowest BCUT2D eigenvalue weighted by Crippen LogP contribution is -2.35. The summed E-state index contributed by atoms with van der Waals surface area (Å²) < 4.78 is 5.92. The van der Waals surface area contributed by atoms with Crippen molar-refractivity contribution in [1.29, 1.82) is 0 Å². The van der Waals surface area contributed by atoms with Crippen molar-refractivity contribution in [3.63, 3.8) is 0 Å². The first-order valence-electron chi connectivity index (χ1n) is 14.4. The molecule has 5 nitrogen and oxygen atoms in total. The van der Waals surface area contributed by atoms with Crippen molar-refractivity contribution in [2.24, 2.45) is 23.2 Å². The van der Waals surface area contributed by atoms with Crippen LogP contribution < -0.4 is 0 Å². The molecule has 0 aliphatic heterocycles. The van der Waals surface area contributed by atoms with Crippen molar-refractivity contribution >= 4 is 0 Å². The third-order valence-corrected chi connectivity index (χ3v) is 10.2. The SMILES string of the molecule is C=C1/C(=C\C=C2/CCC[C@]3(C)[C@@H]([C@@H](C)/C=C/[C@@H](O)C4(c5ncc(CC)o5)CC4)CC[C@@H]23)C[C@@H](O)C[C@@H]1O. The summed E-state index contributed by atoms with van der Waals surface area (Å²) in [7, 11) is 0. The fourth-order valence-electron chi connectivity index (χ4n) is 7.68. The topological polar surface area (TPSA) is 86.7 Å². The van der Waals surface area contributed by atoms with Crippen molar-refractivity contribution in [1.82, 2.24) is 4.98 Å². The lowest BCUT2D eigenvalue weighted by molar-refractivity contribution is 0.0862. The summed E-state index contributed by atoms with van der Waals surface area (Å²) in [5, 5.41) is 31.4. The molecule has 202 valence electrons. The zero-order valence-corrected chi connectivity index (χ0v) is 22.8. The highest BCUT2D eigenvalue weighted by Crippen LogP contribution is 2.60. The molecule has 1 aromatic rings. The molecule has 3 N–H and O–H groups in total. The number of aliphatic hydroxyl groups is 3. The van der Waals surface area contributed by atoms with Gasteiger partial charge in [0.05, 0.1) is 29.9 Å². The van der Waals surface area contributed by atoms with Crippen molar-refractivity contribution in [3.8, 4) is 0 Å². The van der Waals surface area contributed by atoms with E-state index in [1.807, 2.05) is 6.08 Å². The number of oxazole rings is 1. The predicted octanol–water partition coefficient (Wildman–Crippen LogP) is 5.96. The number of hydrogen-bond donors (Lipinski definition) is 3. The highest BCUT2D eigenvalue weighted by Gasteiger charge is 2.54. The van der Waals surface area contributed by atoms with Crippen LogP contribution in [0.25, 0.3) is 0 Å². The minimum atomic E-state index is -0.643. The summed E-state index contributed by atoms with van der Waals surface area (Å²) in [6.07, 6.45) is 18.3.